The molecule has 0 aliphatic carbocycles. The van der Waals surface area contributed by atoms with Gasteiger partial charge in [0.1, 0.15) is 0 Å². The number of halogens is 2. The van der Waals surface area contributed by atoms with E-state index in [1.54, 1.807) is 0 Å². The minimum absolute atomic E-state index is 1.21. The summed E-state index contributed by atoms with van der Waals surface area (Å²) in [6.45, 7) is 2.09. The molecule has 0 amide bonds. The number of hydrogen-bond acceptors (Lipinski definition) is 0. The van der Waals surface area contributed by atoms with Crippen LogP contribution < -0.4 is 0 Å². The molecule has 9 heavy (non-hydrogen) atoms. The molecule has 48 valence electrons. The lowest BCUT2D eigenvalue weighted by Crippen LogP contribution is -1.66. The van der Waals surface area contributed by atoms with Gasteiger partial charge < -0.3 is 0 Å². The van der Waals surface area contributed by atoms with E-state index in [1.165, 1.54) is 22.2 Å². The predicted molar refractivity (Wildman–Crippen MR) is 49.1 cm³/mol. The second-order valence-corrected chi connectivity index (χ2v) is 5.77. The van der Waals surface area contributed by atoms with E-state index in [-0.39, 0.29) is 0 Å². The summed E-state index contributed by atoms with van der Waals surface area (Å²) in [5, 5.41) is 0. The van der Waals surface area contributed by atoms with Crippen molar-refractivity contribution >= 4 is 40.1 Å². The Kier molecular flexibility index (Phi) is 2.69. The molecule has 0 unspecified atom stereocenters. The third kappa shape index (κ3) is 2.03. The molecular weight excluding hydrogens is 263 g/mol. The van der Waals surface area contributed by atoms with Gasteiger partial charge in [-0.25, -0.2) is 0 Å². The Morgan fingerprint density at radius 2 is 2.00 bits per heavy atom. The Bertz CT molecular complexity index is 222. The smallest absolute Gasteiger partial charge is 0.0487 e. The highest BCUT2D eigenvalue weighted by atomic mass is 79.9. The van der Waals surface area contributed by atoms with Gasteiger partial charge in [-0.3, -0.25) is 0 Å². The van der Waals surface area contributed by atoms with Gasteiger partial charge in [0.05, 0.1) is 0 Å². The molecule has 0 aliphatic heterocycles. The Morgan fingerprint density at radius 1 is 1.33 bits per heavy atom. The van der Waals surface area contributed by atoms with Crippen LogP contribution in [-0.4, -0.2) is 0 Å². The molecule has 0 aromatic carbocycles. The molecule has 0 nitrogen and oxygen atoms in total. The van der Waals surface area contributed by atoms with Gasteiger partial charge >= 0.3 is 0 Å². The first kappa shape index (κ1) is 7.71. The summed E-state index contributed by atoms with van der Waals surface area (Å²) in [7, 11) is 1.23. The zero-order valence-corrected chi connectivity index (χ0v) is 8.92. The summed E-state index contributed by atoms with van der Waals surface area (Å²) in [5.41, 5.74) is 1.31. The largest absolute Gasteiger partial charge is 0.0564 e. The second-order valence-electron chi connectivity index (χ2n) is 1.74. The summed E-state index contributed by atoms with van der Waals surface area (Å²) in [5.74, 6) is 0. The zero-order valence-electron chi connectivity index (χ0n) is 4.86. The fraction of sp³-hybridized carbons (Fsp3) is 0.167. The van der Waals surface area contributed by atoms with Gasteiger partial charge in [0, 0.05) is 8.41 Å². The van der Waals surface area contributed by atoms with Crippen molar-refractivity contribution in [2.24, 2.45) is 0 Å². The first-order valence-corrected chi connectivity index (χ1v) is 4.97. The summed E-state index contributed by atoms with van der Waals surface area (Å²) >= 11 is 6.87. The van der Waals surface area contributed by atoms with Crippen molar-refractivity contribution in [2.45, 2.75) is 6.92 Å². The van der Waals surface area contributed by atoms with E-state index in [9.17, 15) is 0 Å². The van der Waals surface area contributed by atoms with Gasteiger partial charge in [-0.2, -0.15) is 0 Å². The summed E-state index contributed by atoms with van der Waals surface area (Å²) < 4.78 is 2.46. The van der Waals surface area contributed by atoms with Crippen LogP contribution in [0.1, 0.15) is 5.56 Å². The molecule has 0 saturated heterocycles. The molecule has 3 heteroatoms. The molecule has 0 saturated carbocycles. The quantitative estimate of drug-likeness (QED) is 0.664. The highest BCUT2D eigenvalue weighted by molar-refractivity contribution is 9.12. The molecule has 1 aromatic rings. The Hall–Kier alpha value is 0.610. The van der Waals surface area contributed by atoms with Crippen molar-refractivity contribution in [3.63, 3.8) is 0 Å². The number of hydrogen-bond donors (Lipinski definition) is 0. The minimum atomic E-state index is 1.21. The molecule has 0 bridgehead atoms. The van der Waals surface area contributed by atoms with Gasteiger partial charge in [-0.1, -0.05) is 6.07 Å². The van der Waals surface area contributed by atoms with Gasteiger partial charge in [0.2, 0.25) is 0 Å². The van der Waals surface area contributed by atoms with Crippen molar-refractivity contribution < 1.29 is 0 Å². The average molecular weight is 268 g/mol. The lowest BCUT2D eigenvalue weighted by molar-refractivity contribution is 1.49. The third-order valence-electron chi connectivity index (χ3n) is 1.00. The van der Waals surface area contributed by atoms with Crippen molar-refractivity contribution in [3.8, 4) is 0 Å². The Balaban J connectivity index is 3.17. The second kappa shape index (κ2) is 3.14. The van der Waals surface area contributed by atoms with Crippen LogP contribution >= 0.6 is 40.1 Å². The Morgan fingerprint density at radius 3 is 2.44 bits per heavy atom. The maximum Gasteiger partial charge on any atom is 0.0487 e. The summed E-state index contributed by atoms with van der Waals surface area (Å²) in [6, 6.07) is 4.16. The predicted octanol–water partition coefficient (Wildman–Crippen LogP) is 4.10. The van der Waals surface area contributed by atoms with Crippen LogP contribution in [0.25, 0.3) is 0 Å². The molecule has 0 N–H and O–H groups in total. The van der Waals surface area contributed by atoms with E-state index >= 15 is 0 Å². The summed E-state index contributed by atoms with van der Waals surface area (Å²) in [4.78, 5) is 0. The maximum atomic E-state index is 3.46. The van der Waals surface area contributed by atoms with Crippen molar-refractivity contribution in [1.29, 1.82) is 0 Å². The van der Waals surface area contributed by atoms with Crippen LogP contribution in [0.2, 0.25) is 0 Å². The molecule has 1 rings (SSSR count). The van der Waals surface area contributed by atoms with Gasteiger partial charge in [0.15, 0.2) is 0 Å². The van der Waals surface area contributed by atoms with Crippen molar-refractivity contribution in [1.82, 2.24) is 0 Å². The Labute approximate surface area is 73.0 Å². The standard InChI is InChI=1S/C6H5Br2P/c1-4-2-3-5(7)9-6(4)8/h2-3H,1H3. The van der Waals surface area contributed by atoms with Crippen LogP contribution in [0.4, 0.5) is 0 Å². The van der Waals surface area contributed by atoms with E-state index in [1.807, 2.05) is 0 Å². The zero-order chi connectivity index (χ0) is 6.85. The summed E-state index contributed by atoms with van der Waals surface area (Å²) in [6.07, 6.45) is 0. The van der Waals surface area contributed by atoms with Crippen LogP contribution in [0.15, 0.2) is 20.5 Å². The molecule has 0 atom stereocenters. The third-order valence-corrected chi connectivity index (χ3v) is 3.87. The highest BCUT2D eigenvalue weighted by Crippen LogP contribution is 2.32. The van der Waals surface area contributed by atoms with Crippen molar-refractivity contribution in [3.05, 3.63) is 26.1 Å². The van der Waals surface area contributed by atoms with E-state index in [4.69, 9.17) is 0 Å². The first-order valence-electron chi connectivity index (χ1n) is 2.49. The van der Waals surface area contributed by atoms with Gasteiger partial charge in [-0.15, -0.1) is 0 Å². The fourth-order valence-electron chi connectivity index (χ4n) is 0.482. The topological polar surface area (TPSA) is 0 Å². The van der Waals surface area contributed by atoms with E-state index < -0.39 is 0 Å². The lowest BCUT2D eigenvalue weighted by Gasteiger charge is -1.94. The average Bonchev–Trinajstić information content (AvgIpc) is 1.80. The highest BCUT2D eigenvalue weighted by Gasteiger charge is 1.93. The maximum absolute atomic E-state index is 3.46. The van der Waals surface area contributed by atoms with Crippen LogP contribution in [-0.2, 0) is 0 Å². The van der Waals surface area contributed by atoms with Crippen LogP contribution in [0.3, 0.4) is 0 Å². The van der Waals surface area contributed by atoms with E-state index in [0.717, 1.165) is 0 Å². The SMILES string of the molecule is Cc1ccc(Br)pc1Br. The monoisotopic (exact) mass is 266 g/mol. The molecule has 1 aromatic heterocycles. The van der Waals surface area contributed by atoms with E-state index in [0.29, 0.717) is 0 Å². The molecule has 1 heterocycles. The minimum Gasteiger partial charge on any atom is -0.0564 e. The molecule has 0 aliphatic rings. The van der Waals surface area contributed by atoms with Crippen molar-refractivity contribution in [2.75, 3.05) is 0 Å². The molecule has 0 radical (unpaired) electrons. The molecule has 0 fully saturated rings. The molecular formula is C6H5Br2P. The van der Waals surface area contributed by atoms with Crippen LogP contribution in [0.5, 0.6) is 0 Å². The number of rotatable bonds is 0. The lowest BCUT2D eigenvalue weighted by atomic mass is 10.4. The first-order chi connectivity index (χ1) is 4.20. The van der Waals surface area contributed by atoms with E-state index in [2.05, 4.69) is 50.9 Å². The number of aryl methyl sites for hydroxylation is 1. The molecule has 0 spiro atoms. The van der Waals surface area contributed by atoms with Gasteiger partial charge in [-0.05, 0) is 58.6 Å². The van der Waals surface area contributed by atoms with Gasteiger partial charge in [0.25, 0.3) is 0 Å². The normalized spacial score (nSPS) is 10.6. The fourth-order valence-corrected chi connectivity index (χ4v) is 3.15. The van der Waals surface area contributed by atoms with Crippen LogP contribution in [0, 0.1) is 6.92 Å².